The Morgan fingerprint density at radius 3 is 2.59 bits per heavy atom. The number of fused-ring (bicyclic) bond motifs is 1. The fourth-order valence-electron chi connectivity index (χ4n) is 5.45. The van der Waals surface area contributed by atoms with Crippen molar-refractivity contribution < 1.29 is 9.53 Å². The van der Waals surface area contributed by atoms with Gasteiger partial charge in [0.2, 0.25) is 0 Å². The van der Waals surface area contributed by atoms with Crippen LogP contribution in [-0.2, 0) is 6.54 Å². The van der Waals surface area contributed by atoms with E-state index >= 15 is 0 Å². The van der Waals surface area contributed by atoms with Crippen molar-refractivity contribution in [1.82, 2.24) is 15.1 Å². The van der Waals surface area contributed by atoms with Crippen LogP contribution in [0, 0.1) is 5.92 Å². The summed E-state index contributed by atoms with van der Waals surface area (Å²) in [5, 5.41) is 6.06. The number of methoxy groups -OCH3 is 1. The van der Waals surface area contributed by atoms with Gasteiger partial charge in [0.1, 0.15) is 5.75 Å². The van der Waals surface area contributed by atoms with Crippen LogP contribution in [0.5, 0.6) is 5.75 Å². The lowest BCUT2D eigenvalue weighted by atomic mass is 9.96. The number of carbonyl (C=O) groups excluding carboxylic acids is 1. The molecule has 6 nitrogen and oxygen atoms in total. The van der Waals surface area contributed by atoms with Crippen molar-refractivity contribution in [2.45, 2.75) is 45.6 Å². The zero-order valence-electron chi connectivity index (χ0n) is 23.4. The normalized spacial score (nSPS) is 14.7. The maximum Gasteiger partial charge on any atom is 0.255 e. The molecule has 4 rings (SSSR count). The SMILES string of the molecule is CCN(CCCCCN1CCC(CNC(=O)c2cc(Cl)c(N)cc2OC)CC1)Cc1ccc2ccccc2c1. The summed E-state index contributed by atoms with van der Waals surface area (Å²) in [4.78, 5) is 17.8. The summed E-state index contributed by atoms with van der Waals surface area (Å²) in [6, 6.07) is 18.6. The third-order valence-corrected chi connectivity index (χ3v) is 8.27. The number of rotatable bonds is 13. The number of likely N-dealkylation sites (tertiary alicyclic amines) is 1. The molecule has 0 bridgehead atoms. The number of halogens is 1. The van der Waals surface area contributed by atoms with Crippen molar-refractivity contribution in [2.75, 3.05) is 52.1 Å². The first-order valence-electron chi connectivity index (χ1n) is 14.3. The number of carbonyl (C=O) groups is 1. The van der Waals surface area contributed by atoms with E-state index in [0.717, 1.165) is 52.1 Å². The van der Waals surface area contributed by atoms with E-state index in [2.05, 4.69) is 64.5 Å². The molecule has 1 amide bonds. The second kappa shape index (κ2) is 14.5. The summed E-state index contributed by atoms with van der Waals surface area (Å²) in [5.74, 6) is 0.770. The average molecular weight is 551 g/mol. The minimum Gasteiger partial charge on any atom is -0.496 e. The van der Waals surface area contributed by atoms with Crippen LogP contribution in [0.1, 0.15) is 54.9 Å². The number of hydrogen-bond donors (Lipinski definition) is 2. The number of nitrogens with zero attached hydrogens (tertiary/aromatic N) is 2. The highest BCUT2D eigenvalue weighted by atomic mass is 35.5. The van der Waals surface area contributed by atoms with Gasteiger partial charge < -0.3 is 20.7 Å². The summed E-state index contributed by atoms with van der Waals surface area (Å²) in [5.41, 5.74) is 8.06. The lowest BCUT2D eigenvalue weighted by Gasteiger charge is -2.32. The van der Waals surface area contributed by atoms with E-state index in [4.69, 9.17) is 22.1 Å². The van der Waals surface area contributed by atoms with E-state index in [9.17, 15) is 4.79 Å². The van der Waals surface area contributed by atoms with Gasteiger partial charge in [0, 0.05) is 19.2 Å². The molecule has 1 aliphatic heterocycles. The van der Waals surface area contributed by atoms with E-state index in [1.807, 2.05) is 0 Å². The van der Waals surface area contributed by atoms with Gasteiger partial charge in [-0.05, 0) is 92.8 Å². The molecule has 0 unspecified atom stereocenters. The van der Waals surface area contributed by atoms with Gasteiger partial charge in [-0.15, -0.1) is 0 Å². The Labute approximate surface area is 238 Å². The molecule has 0 aliphatic carbocycles. The predicted molar refractivity (Wildman–Crippen MR) is 163 cm³/mol. The molecule has 3 N–H and O–H groups in total. The van der Waals surface area contributed by atoms with Gasteiger partial charge in [-0.3, -0.25) is 9.69 Å². The van der Waals surface area contributed by atoms with E-state index in [-0.39, 0.29) is 5.91 Å². The van der Waals surface area contributed by atoms with Gasteiger partial charge in [0.05, 0.1) is 23.4 Å². The van der Waals surface area contributed by atoms with Gasteiger partial charge in [-0.2, -0.15) is 0 Å². The maximum absolute atomic E-state index is 12.7. The van der Waals surface area contributed by atoms with Crippen LogP contribution < -0.4 is 15.8 Å². The maximum atomic E-state index is 12.7. The summed E-state index contributed by atoms with van der Waals surface area (Å²) >= 11 is 6.12. The van der Waals surface area contributed by atoms with E-state index in [0.29, 0.717) is 34.5 Å². The fraction of sp³-hybridized carbons (Fsp3) is 0.469. The number of nitrogens with two attached hydrogens (primary N) is 1. The predicted octanol–water partition coefficient (Wildman–Crippen LogP) is 6.22. The van der Waals surface area contributed by atoms with Crippen LogP contribution in [0.25, 0.3) is 10.8 Å². The minimum absolute atomic E-state index is 0.169. The van der Waals surface area contributed by atoms with E-state index in [1.54, 1.807) is 12.1 Å². The first-order chi connectivity index (χ1) is 19.0. The van der Waals surface area contributed by atoms with Gasteiger partial charge in [-0.25, -0.2) is 0 Å². The highest BCUT2D eigenvalue weighted by Crippen LogP contribution is 2.29. The topological polar surface area (TPSA) is 70.8 Å². The molecule has 3 aromatic carbocycles. The number of nitrogens with one attached hydrogen (secondary N) is 1. The molecule has 1 saturated heterocycles. The van der Waals surface area contributed by atoms with Crippen molar-refractivity contribution in [3.8, 4) is 5.75 Å². The van der Waals surface area contributed by atoms with Crippen molar-refractivity contribution >= 4 is 34.0 Å². The number of unbranched alkanes of at least 4 members (excludes halogenated alkanes) is 2. The molecule has 1 heterocycles. The highest BCUT2D eigenvalue weighted by Gasteiger charge is 2.21. The van der Waals surface area contributed by atoms with Gasteiger partial charge >= 0.3 is 0 Å². The van der Waals surface area contributed by atoms with Gasteiger partial charge in [-0.1, -0.05) is 61.3 Å². The number of amides is 1. The second-order valence-corrected chi connectivity index (χ2v) is 11.1. The summed E-state index contributed by atoms with van der Waals surface area (Å²) in [6.07, 6.45) is 5.95. The number of benzene rings is 3. The van der Waals surface area contributed by atoms with Crippen molar-refractivity contribution in [3.05, 3.63) is 70.7 Å². The highest BCUT2D eigenvalue weighted by molar-refractivity contribution is 6.33. The van der Waals surface area contributed by atoms with Crippen LogP contribution in [0.4, 0.5) is 5.69 Å². The number of piperidine rings is 1. The van der Waals surface area contributed by atoms with Crippen molar-refractivity contribution in [3.63, 3.8) is 0 Å². The molecule has 0 atom stereocenters. The van der Waals surface area contributed by atoms with Gasteiger partial charge in [0.25, 0.3) is 5.91 Å². The molecule has 39 heavy (non-hydrogen) atoms. The number of nitrogen functional groups attached to an aromatic ring is 1. The van der Waals surface area contributed by atoms with Crippen LogP contribution >= 0.6 is 11.6 Å². The largest absolute Gasteiger partial charge is 0.496 e. The smallest absolute Gasteiger partial charge is 0.255 e. The number of hydrogen-bond acceptors (Lipinski definition) is 5. The van der Waals surface area contributed by atoms with Crippen molar-refractivity contribution in [2.24, 2.45) is 5.92 Å². The van der Waals surface area contributed by atoms with Crippen LogP contribution in [0.15, 0.2) is 54.6 Å². The Hall–Kier alpha value is -2.80. The molecule has 0 radical (unpaired) electrons. The molecule has 210 valence electrons. The molecule has 1 aliphatic rings. The molecular formula is C32H43ClN4O2. The first kappa shape index (κ1) is 29.2. The third-order valence-electron chi connectivity index (χ3n) is 7.94. The average Bonchev–Trinajstić information content (AvgIpc) is 2.96. The minimum atomic E-state index is -0.169. The second-order valence-electron chi connectivity index (χ2n) is 10.7. The Morgan fingerprint density at radius 1 is 1.08 bits per heavy atom. The first-order valence-corrected chi connectivity index (χ1v) is 14.7. The molecule has 7 heteroatoms. The van der Waals surface area contributed by atoms with Gasteiger partial charge in [0.15, 0.2) is 0 Å². The lowest BCUT2D eigenvalue weighted by Crippen LogP contribution is -2.39. The molecule has 0 spiro atoms. The van der Waals surface area contributed by atoms with Crippen LogP contribution in [0.2, 0.25) is 5.02 Å². The number of anilines is 1. The Bertz CT molecular complexity index is 1230. The Kier molecular flexibility index (Phi) is 10.9. The molecular weight excluding hydrogens is 508 g/mol. The van der Waals surface area contributed by atoms with Crippen LogP contribution in [0.3, 0.4) is 0 Å². The summed E-state index contributed by atoms with van der Waals surface area (Å²) in [6.45, 7) is 9.53. The zero-order valence-corrected chi connectivity index (χ0v) is 24.2. The van der Waals surface area contributed by atoms with E-state index < -0.39 is 0 Å². The zero-order chi connectivity index (χ0) is 27.6. The summed E-state index contributed by atoms with van der Waals surface area (Å²) in [7, 11) is 1.53. The third kappa shape index (κ3) is 8.34. The monoisotopic (exact) mass is 550 g/mol. The van der Waals surface area contributed by atoms with E-state index in [1.165, 1.54) is 42.7 Å². The molecule has 3 aromatic rings. The molecule has 0 saturated carbocycles. The lowest BCUT2D eigenvalue weighted by molar-refractivity contribution is 0.0933. The standard InChI is InChI=1S/C32H43ClN4O2/c1-3-36(23-25-11-12-26-9-5-6-10-27(26)19-25)15-7-4-8-16-37-17-13-24(14-18-37)22-35-32(38)28-20-29(33)30(34)21-31(28)39-2/h5-6,9-12,19-21,24H,3-4,7-8,13-18,22-23,34H2,1-2H3,(H,35,38). The Morgan fingerprint density at radius 2 is 1.85 bits per heavy atom. The molecule has 0 aromatic heterocycles. The molecule has 1 fully saturated rings. The van der Waals surface area contributed by atoms with Crippen molar-refractivity contribution in [1.29, 1.82) is 0 Å². The summed E-state index contributed by atoms with van der Waals surface area (Å²) < 4.78 is 5.31. The Balaban J connectivity index is 1.10. The van der Waals surface area contributed by atoms with Crippen LogP contribution in [-0.4, -0.2) is 62.1 Å². The number of ether oxygens (including phenoxy) is 1. The quantitative estimate of drug-likeness (QED) is 0.195. The fourth-order valence-corrected chi connectivity index (χ4v) is 5.62.